The molecule has 3 aromatic rings. The van der Waals surface area contributed by atoms with E-state index in [0.29, 0.717) is 28.0 Å². The first-order valence-corrected chi connectivity index (χ1v) is 8.95. The minimum absolute atomic E-state index is 0.171. The van der Waals surface area contributed by atoms with Crippen molar-refractivity contribution in [2.45, 2.75) is 13.0 Å². The molecule has 2 aromatic heterocycles. The lowest BCUT2D eigenvalue weighted by Crippen LogP contribution is -2.35. The van der Waals surface area contributed by atoms with Crippen molar-refractivity contribution in [3.63, 3.8) is 0 Å². The van der Waals surface area contributed by atoms with Gasteiger partial charge in [0.1, 0.15) is 5.69 Å². The van der Waals surface area contributed by atoms with Crippen LogP contribution in [0.15, 0.2) is 48.7 Å². The van der Waals surface area contributed by atoms with E-state index >= 15 is 0 Å². The molecule has 0 unspecified atom stereocenters. The van der Waals surface area contributed by atoms with Crippen LogP contribution in [0.2, 0.25) is 5.02 Å². The molecule has 7 nitrogen and oxygen atoms in total. The van der Waals surface area contributed by atoms with Crippen LogP contribution in [0.4, 0.5) is 0 Å². The number of carbonyl (C=O) groups is 1. The molecule has 1 aromatic carbocycles. The number of aliphatic hydroxyl groups is 1. The van der Waals surface area contributed by atoms with Gasteiger partial charge < -0.3 is 15.2 Å². The van der Waals surface area contributed by atoms with Gasteiger partial charge in [-0.15, -0.1) is 0 Å². The number of ether oxygens (including phenoxy) is 1. The van der Waals surface area contributed by atoms with Crippen LogP contribution < -0.4 is 10.1 Å². The van der Waals surface area contributed by atoms with Crippen LogP contribution in [0.1, 0.15) is 17.4 Å². The van der Waals surface area contributed by atoms with Crippen LogP contribution in [0.25, 0.3) is 22.6 Å². The summed E-state index contributed by atoms with van der Waals surface area (Å²) >= 11 is 5.97. The molecule has 8 heteroatoms. The fourth-order valence-corrected chi connectivity index (χ4v) is 2.56. The molecule has 144 valence electrons. The number of benzene rings is 1. The number of carbonyl (C=O) groups excluding carboxylic acids is 1. The number of rotatable bonds is 6. The van der Waals surface area contributed by atoms with Gasteiger partial charge in [0.25, 0.3) is 5.91 Å². The number of aromatic nitrogens is 3. The first kappa shape index (κ1) is 19.7. The number of pyridine rings is 1. The van der Waals surface area contributed by atoms with Gasteiger partial charge in [0.05, 0.1) is 19.4 Å². The quantitative estimate of drug-likeness (QED) is 0.662. The highest BCUT2D eigenvalue weighted by atomic mass is 35.5. The SMILES string of the molecule is COc1ccc(-c2nc(C(=O)N[C@@H](C)CO)cc(-c3ccc(Cl)cc3)n2)cn1. The van der Waals surface area contributed by atoms with Crippen LogP contribution in [-0.4, -0.2) is 45.7 Å². The second-order valence-corrected chi connectivity index (χ2v) is 6.55. The van der Waals surface area contributed by atoms with E-state index in [4.69, 9.17) is 16.3 Å². The largest absolute Gasteiger partial charge is 0.481 e. The third kappa shape index (κ3) is 4.62. The average Bonchev–Trinajstić information content (AvgIpc) is 2.73. The zero-order chi connectivity index (χ0) is 20.1. The molecule has 0 saturated carbocycles. The Morgan fingerprint density at radius 1 is 1.18 bits per heavy atom. The van der Waals surface area contributed by atoms with E-state index in [1.807, 2.05) is 12.1 Å². The van der Waals surface area contributed by atoms with E-state index < -0.39 is 11.9 Å². The minimum atomic E-state index is -0.401. The highest BCUT2D eigenvalue weighted by Crippen LogP contribution is 2.24. The summed E-state index contributed by atoms with van der Waals surface area (Å²) in [6.07, 6.45) is 1.58. The number of hydrogen-bond acceptors (Lipinski definition) is 6. The number of nitrogens with zero attached hydrogens (tertiary/aromatic N) is 3. The lowest BCUT2D eigenvalue weighted by molar-refractivity contribution is 0.0917. The Morgan fingerprint density at radius 3 is 2.50 bits per heavy atom. The maximum Gasteiger partial charge on any atom is 0.270 e. The van der Waals surface area contributed by atoms with Crippen molar-refractivity contribution in [1.29, 1.82) is 0 Å². The van der Waals surface area contributed by atoms with E-state index in [-0.39, 0.29) is 12.3 Å². The van der Waals surface area contributed by atoms with Gasteiger partial charge in [0, 0.05) is 34.5 Å². The summed E-state index contributed by atoms with van der Waals surface area (Å²) in [4.78, 5) is 25.7. The molecule has 2 heterocycles. The van der Waals surface area contributed by atoms with Crippen LogP contribution in [0.5, 0.6) is 5.88 Å². The Bertz CT molecular complexity index is 962. The summed E-state index contributed by atoms with van der Waals surface area (Å²) in [5.74, 6) is 0.415. The molecule has 0 bridgehead atoms. The van der Waals surface area contributed by atoms with Crippen molar-refractivity contribution in [2.24, 2.45) is 0 Å². The molecule has 0 aliphatic carbocycles. The number of hydrogen-bond donors (Lipinski definition) is 2. The second kappa shape index (κ2) is 8.77. The monoisotopic (exact) mass is 398 g/mol. The molecule has 1 amide bonds. The highest BCUT2D eigenvalue weighted by Gasteiger charge is 2.16. The van der Waals surface area contributed by atoms with Crippen molar-refractivity contribution >= 4 is 17.5 Å². The Labute approximate surface area is 167 Å². The number of methoxy groups -OCH3 is 1. The van der Waals surface area contributed by atoms with Crippen molar-refractivity contribution in [3.8, 4) is 28.5 Å². The normalized spacial score (nSPS) is 11.7. The molecule has 0 spiro atoms. The molecule has 0 aliphatic rings. The van der Waals surface area contributed by atoms with Gasteiger partial charge in [-0.1, -0.05) is 23.7 Å². The smallest absolute Gasteiger partial charge is 0.270 e. The second-order valence-electron chi connectivity index (χ2n) is 6.12. The number of nitrogens with one attached hydrogen (secondary N) is 1. The summed E-state index contributed by atoms with van der Waals surface area (Å²) in [7, 11) is 1.53. The molecule has 2 N–H and O–H groups in total. The minimum Gasteiger partial charge on any atom is -0.481 e. The Hall–Kier alpha value is -3.03. The van der Waals surface area contributed by atoms with Crippen molar-refractivity contribution in [3.05, 3.63) is 59.4 Å². The maximum atomic E-state index is 12.6. The molecule has 28 heavy (non-hydrogen) atoms. The first-order chi connectivity index (χ1) is 13.5. The third-order valence-corrected chi connectivity index (χ3v) is 4.21. The molecular formula is C20H19ClN4O3. The summed E-state index contributed by atoms with van der Waals surface area (Å²) in [6, 6.07) is 11.8. The molecule has 1 atom stereocenters. The van der Waals surface area contributed by atoms with Gasteiger partial charge in [-0.25, -0.2) is 15.0 Å². The van der Waals surface area contributed by atoms with Gasteiger partial charge in [0.15, 0.2) is 5.82 Å². The first-order valence-electron chi connectivity index (χ1n) is 8.57. The van der Waals surface area contributed by atoms with Crippen molar-refractivity contribution < 1.29 is 14.6 Å². The van der Waals surface area contributed by atoms with E-state index in [1.165, 1.54) is 7.11 Å². The predicted octanol–water partition coefficient (Wildman–Crippen LogP) is 2.98. The van der Waals surface area contributed by atoms with Crippen LogP contribution in [0.3, 0.4) is 0 Å². The Balaban J connectivity index is 2.07. The van der Waals surface area contributed by atoms with Crippen LogP contribution in [0, 0.1) is 0 Å². The number of halogens is 1. The maximum absolute atomic E-state index is 12.6. The Morgan fingerprint density at radius 2 is 1.89 bits per heavy atom. The molecule has 0 saturated heterocycles. The zero-order valence-corrected chi connectivity index (χ0v) is 16.1. The Kier molecular flexibility index (Phi) is 6.18. The summed E-state index contributed by atoms with van der Waals surface area (Å²) in [6.45, 7) is 1.53. The van der Waals surface area contributed by atoms with Gasteiger partial charge in [-0.05, 0) is 31.2 Å². The third-order valence-electron chi connectivity index (χ3n) is 3.95. The lowest BCUT2D eigenvalue weighted by atomic mass is 10.1. The average molecular weight is 399 g/mol. The molecule has 0 radical (unpaired) electrons. The number of aliphatic hydroxyl groups excluding tert-OH is 1. The van der Waals surface area contributed by atoms with E-state index in [0.717, 1.165) is 5.56 Å². The summed E-state index contributed by atoms with van der Waals surface area (Å²) in [5.41, 5.74) is 2.19. The van der Waals surface area contributed by atoms with Crippen LogP contribution >= 0.6 is 11.6 Å². The standard InChI is InChI=1S/C20H19ClN4O3/c1-12(11-26)23-20(27)17-9-16(13-3-6-15(21)7-4-13)24-19(25-17)14-5-8-18(28-2)22-10-14/h3-10,12,26H,11H2,1-2H3,(H,23,27)/t12-/m0/s1. The summed E-state index contributed by atoms with van der Waals surface area (Å²) < 4.78 is 5.08. The fraction of sp³-hybridized carbons (Fsp3) is 0.200. The predicted molar refractivity (Wildman–Crippen MR) is 106 cm³/mol. The molecular weight excluding hydrogens is 380 g/mol. The van der Waals surface area contributed by atoms with Crippen LogP contribution in [-0.2, 0) is 0 Å². The van der Waals surface area contributed by atoms with Gasteiger partial charge in [-0.2, -0.15) is 0 Å². The number of amides is 1. The zero-order valence-electron chi connectivity index (χ0n) is 15.4. The summed E-state index contributed by atoms with van der Waals surface area (Å²) in [5, 5.41) is 12.5. The van der Waals surface area contributed by atoms with E-state index in [2.05, 4.69) is 20.3 Å². The molecule has 3 rings (SSSR count). The molecule has 0 aliphatic heterocycles. The van der Waals surface area contributed by atoms with Crippen molar-refractivity contribution in [2.75, 3.05) is 13.7 Å². The van der Waals surface area contributed by atoms with Crippen molar-refractivity contribution in [1.82, 2.24) is 20.3 Å². The van der Waals surface area contributed by atoms with E-state index in [1.54, 1.807) is 43.5 Å². The topological polar surface area (TPSA) is 97.2 Å². The fourth-order valence-electron chi connectivity index (χ4n) is 2.44. The van der Waals surface area contributed by atoms with Gasteiger partial charge in [0.2, 0.25) is 5.88 Å². The lowest BCUT2D eigenvalue weighted by Gasteiger charge is -2.12. The van der Waals surface area contributed by atoms with Gasteiger partial charge in [-0.3, -0.25) is 4.79 Å². The highest BCUT2D eigenvalue weighted by molar-refractivity contribution is 6.30. The van der Waals surface area contributed by atoms with E-state index in [9.17, 15) is 9.90 Å². The van der Waals surface area contributed by atoms with Gasteiger partial charge >= 0.3 is 0 Å². The molecule has 0 fully saturated rings.